The van der Waals surface area contributed by atoms with Crippen molar-refractivity contribution in [3.05, 3.63) is 0 Å². The van der Waals surface area contributed by atoms with Crippen molar-refractivity contribution in [2.24, 2.45) is 0 Å². The van der Waals surface area contributed by atoms with Gasteiger partial charge in [0.2, 0.25) is 5.91 Å². The number of likely N-dealkylation sites (N-methyl/N-ethyl adjacent to an activating group) is 1. The van der Waals surface area contributed by atoms with Crippen LogP contribution in [0.1, 0.15) is 12.8 Å². The Balaban J connectivity index is 2.10. The van der Waals surface area contributed by atoms with Gasteiger partial charge in [0, 0.05) is 19.7 Å². The number of nitrogens with one attached hydrogen (secondary N) is 2. The summed E-state index contributed by atoms with van der Waals surface area (Å²) in [6.07, 6.45) is 1.68. The van der Waals surface area contributed by atoms with E-state index in [0.29, 0.717) is 6.54 Å². The van der Waals surface area contributed by atoms with E-state index < -0.39 is 0 Å². The molecule has 4 nitrogen and oxygen atoms in total. The Kier molecular flexibility index (Phi) is 4.04. The molecule has 0 radical (unpaired) electrons. The fourth-order valence-electron chi connectivity index (χ4n) is 1.21. The quantitative estimate of drug-likeness (QED) is 0.562. The number of hydrogen-bond donors (Lipinski definition) is 2. The van der Waals surface area contributed by atoms with E-state index in [2.05, 4.69) is 10.6 Å². The third-order valence-electron chi connectivity index (χ3n) is 1.90. The van der Waals surface area contributed by atoms with E-state index in [1.807, 2.05) is 7.05 Å². The molecule has 0 aromatic rings. The Morgan fingerprint density at radius 2 is 2.42 bits per heavy atom. The van der Waals surface area contributed by atoms with Gasteiger partial charge in [0.15, 0.2) is 0 Å². The van der Waals surface area contributed by atoms with Gasteiger partial charge in [0.05, 0.1) is 0 Å². The van der Waals surface area contributed by atoms with Crippen LogP contribution in [0.4, 0.5) is 0 Å². The third-order valence-corrected chi connectivity index (χ3v) is 1.90. The van der Waals surface area contributed by atoms with Crippen molar-refractivity contribution in [1.82, 2.24) is 10.6 Å². The molecule has 0 bridgehead atoms. The number of hydrogen-bond acceptors (Lipinski definition) is 3. The molecule has 0 spiro atoms. The fraction of sp³-hybridized carbons (Fsp3) is 0.875. The summed E-state index contributed by atoms with van der Waals surface area (Å²) in [5.41, 5.74) is 0. The Labute approximate surface area is 72.7 Å². The van der Waals surface area contributed by atoms with Gasteiger partial charge in [-0.2, -0.15) is 0 Å². The monoisotopic (exact) mass is 172 g/mol. The summed E-state index contributed by atoms with van der Waals surface area (Å²) in [5.74, 6) is 0.0303. The van der Waals surface area contributed by atoms with Crippen molar-refractivity contribution in [2.45, 2.75) is 18.9 Å². The minimum atomic E-state index is -0.193. The van der Waals surface area contributed by atoms with Crippen LogP contribution in [-0.4, -0.2) is 38.8 Å². The molecule has 1 atom stereocenters. The van der Waals surface area contributed by atoms with Crippen molar-refractivity contribution in [3.63, 3.8) is 0 Å². The molecular formula is C8H16N2O2. The van der Waals surface area contributed by atoms with Crippen molar-refractivity contribution in [2.75, 3.05) is 26.7 Å². The highest BCUT2D eigenvalue weighted by atomic mass is 16.5. The lowest BCUT2D eigenvalue weighted by Gasteiger charge is -2.09. The molecule has 1 rings (SSSR count). The van der Waals surface area contributed by atoms with Crippen LogP contribution < -0.4 is 10.6 Å². The van der Waals surface area contributed by atoms with E-state index >= 15 is 0 Å². The van der Waals surface area contributed by atoms with Crippen LogP contribution in [0.2, 0.25) is 0 Å². The topological polar surface area (TPSA) is 50.4 Å². The Hall–Kier alpha value is -0.610. The molecule has 0 aromatic heterocycles. The van der Waals surface area contributed by atoms with Gasteiger partial charge in [-0.1, -0.05) is 0 Å². The average Bonchev–Trinajstić information content (AvgIpc) is 2.56. The largest absolute Gasteiger partial charge is 0.368 e. The maximum absolute atomic E-state index is 11.3. The average molecular weight is 172 g/mol. The van der Waals surface area contributed by atoms with E-state index in [0.717, 1.165) is 26.0 Å². The molecule has 12 heavy (non-hydrogen) atoms. The van der Waals surface area contributed by atoms with Gasteiger partial charge in [0.25, 0.3) is 0 Å². The Morgan fingerprint density at radius 1 is 1.58 bits per heavy atom. The number of ether oxygens (including phenoxy) is 1. The maximum Gasteiger partial charge on any atom is 0.249 e. The summed E-state index contributed by atoms with van der Waals surface area (Å²) in [6.45, 7) is 2.21. The molecule has 1 amide bonds. The van der Waals surface area contributed by atoms with Crippen molar-refractivity contribution >= 4 is 5.91 Å². The summed E-state index contributed by atoms with van der Waals surface area (Å²) in [5, 5.41) is 5.76. The van der Waals surface area contributed by atoms with Crippen molar-refractivity contribution in [3.8, 4) is 0 Å². The van der Waals surface area contributed by atoms with Gasteiger partial charge >= 0.3 is 0 Å². The first-order valence-corrected chi connectivity index (χ1v) is 4.38. The second kappa shape index (κ2) is 5.11. The Morgan fingerprint density at radius 3 is 3.00 bits per heavy atom. The van der Waals surface area contributed by atoms with E-state index in [9.17, 15) is 4.79 Å². The molecule has 70 valence electrons. The number of amides is 1. The summed E-state index contributed by atoms with van der Waals surface area (Å²) in [6, 6.07) is 0. The lowest BCUT2D eigenvalue weighted by molar-refractivity contribution is -0.129. The summed E-state index contributed by atoms with van der Waals surface area (Å²) < 4.78 is 5.21. The van der Waals surface area contributed by atoms with Crippen LogP contribution in [0.3, 0.4) is 0 Å². The molecule has 1 saturated heterocycles. The normalized spacial score (nSPS) is 22.6. The van der Waals surface area contributed by atoms with Gasteiger partial charge in [-0.25, -0.2) is 0 Å². The lowest BCUT2D eigenvalue weighted by Crippen LogP contribution is -2.37. The Bertz CT molecular complexity index is 144. The molecule has 1 fully saturated rings. The highest BCUT2D eigenvalue weighted by Crippen LogP contribution is 2.11. The minimum Gasteiger partial charge on any atom is -0.368 e. The molecule has 1 heterocycles. The van der Waals surface area contributed by atoms with Gasteiger partial charge in [-0.05, 0) is 19.9 Å². The van der Waals surface area contributed by atoms with Crippen LogP contribution in [0.15, 0.2) is 0 Å². The molecule has 0 aliphatic carbocycles. The second-order valence-electron chi connectivity index (χ2n) is 2.90. The highest BCUT2D eigenvalue weighted by Gasteiger charge is 2.22. The number of rotatable bonds is 4. The number of carbonyl (C=O) groups excluding carboxylic acids is 1. The van der Waals surface area contributed by atoms with E-state index in [1.54, 1.807) is 0 Å². The zero-order chi connectivity index (χ0) is 8.81. The predicted molar refractivity (Wildman–Crippen MR) is 45.9 cm³/mol. The molecule has 0 unspecified atom stereocenters. The molecule has 4 heteroatoms. The van der Waals surface area contributed by atoms with E-state index in [4.69, 9.17) is 4.74 Å². The molecule has 2 N–H and O–H groups in total. The molecule has 0 aromatic carbocycles. The van der Waals surface area contributed by atoms with E-state index in [-0.39, 0.29) is 12.0 Å². The molecule has 0 saturated carbocycles. The van der Waals surface area contributed by atoms with E-state index in [1.165, 1.54) is 0 Å². The molecule has 1 aliphatic heterocycles. The summed E-state index contributed by atoms with van der Waals surface area (Å²) >= 11 is 0. The highest BCUT2D eigenvalue weighted by molar-refractivity contribution is 5.80. The van der Waals surface area contributed by atoms with Gasteiger partial charge in [-0.15, -0.1) is 0 Å². The van der Waals surface area contributed by atoms with Crippen LogP contribution in [0, 0.1) is 0 Å². The second-order valence-corrected chi connectivity index (χ2v) is 2.90. The minimum absolute atomic E-state index is 0.0303. The van der Waals surface area contributed by atoms with Crippen LogP contribution in [0.25, 0.3) is 0 Å². The molecule has 1 aliphatic rings. The van der Waals surface area contributed by atoms with Gasteiger partial charge in [-0.3, -0.25) is 4.79 Å². The van der Waals surface area contributed by atoms with Gasteiger partial charge < -0.3 is 15.4 Å². The number of carbonyl (C=O) groups is 1. The summed E-state index contributed by atoms with van der Waals surface area (Å²) in [7, 11) is 1.86. The zero-order valence-corrected chi connectivity index (χ0v) is 7.43. The van der Waals surface area contributed by atoms with Crippen LogP contribution in [-0.2, 0) is 9.53 Å². The molecular weight excluding hydrogens is 156 g/mol. The first-order chi connectivity index (χ1) is 5.84. The van der Waals surface area contributed by atoms with Crippen molar-refractivity contribution < 1.29 is 9.53 Å². The first-order valence-electron chi connectivity index (χ1n) is 4.38. The smallest absolute Gasteiger partial charge is 0.249 e. The SMILES string of the molecule is CNCCNC(=O)[C@H]1CCCO1. The first kappa shape index (κ1) is 9.48. The summed E-state index contributed by atoms with van der Waals surface area (Å²) in [4.78, 5) is 11.3. The van der Waals surface area contributed by atoms with Crippen LogP contribution in [0.5, 0.6) is 0 Å². The maximum atomic E-state index is 11.3. The zero-order valence-electron chi connectivity index (χ0n) is 7.43. The predicted octanol–water partition coefficient (Wildman–Crippen LogP) is -0.499. The third kappa shape index (κ3) is 2.79. The van der Waals surface area contributed by atoms with Crippen LogP contribution >= 0.6 is 0 Å². The van der Waals surface area contributed by atoms with Crippen molar-refractivity contribution in [1.29, 1.82) is 0 Å². The standard InChI is InChI=1S/C8H16N2O2/c1-9-4-5-10-8(11)7-3-2-6-12-7/h7,9H,2-6H2,1H3,(H,10,11)/t7-/m1/s1. The lowest BCUT2D eigenvalue weighted by atomic mass is 10.2. The fourth-order valence-corrected chi connectivity index (χ4v) is 1.21. The van der Waals surface area contributed by atoms with Gasteiger partial charge in [0.1, 0.15) is 6.10 Å².